The van der Waals surface area contributed by atoms with Gasteiger partial charge in [-0.15, -0.1) is 0 Å². The smallest absolute Gasteiger partial charge is 0.242 e. The van der Waals surface area contributed by atoms with E-state index in [-0.39, 0.29) is 34.9 Å². The van der Waals surface area contributed by atoms with E-state index in [9.17, 15) is 18.0 Å². The van der Waals surface area contributed by atoms with E-state index in [2.05, 4.69) is 10.6 Å². The second-order valence-electron chi connectivity index (χ2n) is 8.11. The Morgan fingerprint density at radius 2 is 1.86 bits per heavy atom. The van der Waals surface area contributed by atoms with Crippen LogP contribution in [0.5, 0.6) is 5.75 Å². The summed E-state index contributed by atoms with van der Waals surface area (Å²) in [5.74, 6) is 0.00531. The Balaban J connectivity index is 1.84. The number of sulfonamides is 1. The van der Waals surface area contributed by atoms with Crippen molar-refractivity contribution in [3.63, 3.8) is 0 Å². The summed E-state index contributed by atoms with van der Waals surface area (Å²) in [6, 6.07) is 4.61. The number of anilines is 1. The van der Waals surface area contributed by atoms with Crippen LogP contribution in [0.25, 0.3) is 0 Å². The molecule has 0 aromatic heterocycles. The number of nitrogens with one attached hydrogen (secondary N) is 2. The molecule has 2 fully saturated rings. The number of carbonyl (C=O) groups is 2. The Morgan fingerprint density at radius 1 is 1.21 bits per heavy atom. The molecule has 2 aliphatic rings. The fourth-order valence-corrected chi connectivity index (χ4v) is 4.69. The third kappa shape index (κ3) is 4.72. The topological polar surface area (TPSA) is 105 Å². The summed E-state index contributed by atoms with van der Waals surface area (Å²) in [6.45, 7) is 0. The quantitative estimate of drug-likeness (QED) is 0.666. The van der Waals surface area contributed by atoms with Gasteiger partial charge in [0.15, 0.2) is 0 Å². The fourth-order valence-electron chi connectivity index (χ4n) is 3.76. The molecule has 29 heavy (non-hydrogen) atoms. The van der Waals surface area contributed by atoms with Crippen LogP contribution in [0.1, 0.15) is 44.9 Å². The van der Waals surface area contributed by atoms with E-state index >= 15 is 0 Å². The number of amides is 2. The van der Waals surface area contributed by atoms with E-state index in [1.54, 1.807) is 0 Å². The van der Waals surface area contributed by atoms with Gasteiger partial charge in [0.2, 0.25) is 21.8 Å². The van der Waals surface area contributed by atoms with Crippen LogP contribution in [0.2, 0.25) is 0 Å². The summed E-state index contributed by atoms with van der Waals surface area (Å²) in [5, 5.41) is 5.80. The molecule has 0 saturated heterocycles. The zero-order valence-corrected chi connectivity index (χ0v) is 18.0. The van der Waals surface area contributed by atoms with Crippen LogP contribution in [0.3, 0.4) is 0 Å². The lowest BCUT2D eigenvalue weighted by atomic mass is 9.81. The van der Waals surface area contributed by atoms with Crippen molar-refractivity contribution in [1.82, 2.24) is 9.62 Å². The van der Waals surface area contributed by atoms with Crippen LogP contribution < -0.4 is 15.4 Å². The molecule has 8 nitrogen and oxygen atoms in total. The molecule has 0 atom stereocenters. The number of hydrogen-bond donors (Lipinski definition) is 2. The maximum absolute atomic E-state index is 13.2. The van der Waals surface area contributed by atoms with E-state index in [0.717, 1.165) is 30.0 Å². The van der Waals surface area contributed by atoms with E-state index < -0.39 is 15.4 Å². The van der Waals surface area contributed by atoms with Gasteiger partial charge >= 0.3 is 0 Å². The summed E-state index contributed by atoms with van der Waals surface area (Å²) in [7, 11) is 0.697. The van der Waals surface area contributed by atoms with Crippen LogP contribution in [0, 0.1) is 5.41 Å². The first-order chi connectivity index (χ1) is 13.7. The lowest BCUT2D eigenvalue weighted by Crippen LogP contribution is -2.39. The second kappa shape index (κ2) is 8.31. The SMILES string of the molecule is COc1ccc(S(=O)(=O)N(C)C)cc1NC(=O)C1(CC(=O)NC2CC2)CCCC1. The average Bonchev–Trinajstić information content (AvgIpc) is 3.35. The van der Waals surface area contributed by atoms with Gasteiger partial charge in [0, 0.05) is 26.6 Å². The van der Waals surface area contributed by atoms with Crippen molar-refractivity contribution in [2.45, 2.75) is 55.9 Å². The number of benzene rings is 1. The third-order valence-electron chi connectivity index (χ3n) is 5.68. The number of hydrogen-bond acceptors (Lipinski definition) is 5. The van der Waals surface area contributed by atoms with Gasteiger partial charge in [-0.05, 0) is 43.9 Å². The van der Waals surface area contributed by atoms with E-state index in [0.29, 0.717) is 18.6 Å². The molecule has 2 aliphatic carbocycles. The zero-order valence-electron chi connectivity index (χ0n) is 17.2. The molecular formula is C20H29N3O5S. The van der Waals surface area contributed by atoms with Crippen LogP contribution in [0.4, 0.5) is 5.69 Å². The lowest BCUT2D eigenvalue weighted by Gasteiger charge is -2.27. The molecule has 0 aliphatic heterocycles. The molecule has 0 radical (unpaired) electrons. The van der Waals surface area contributed by atoms with Crippen LogP contribution in [-0.4, -0.2) is 51.8 Å². The Kier molecular flexibility index (Phi) is 6.19. The Morgan fingerprint density at radius 3 is 2.41 bits per heavy atom. The maximum atomic E-state index is 13.2. The minimum atomic E-state index is -3.66. The van der Waals surface area contributed by atoms with Crippen molar-refractivity contribution in [1.29, 1.82) is 0 Å². The number of ether oxygens (including phenoxy) is 1. The summed E-state index contributed by atoms with van der Waals surface area (Å²) >= 11 is 0. The summed E-state index contributed by atoms with van der Waals surface area (Å²) in [5.41, 5.74) is -0.491. The van der Waals surface area contributed by atoms with Gasteiger partial charge in [-0.1, -0.05) is 12.8 Å². The summed E-state index contributed by atoms with van der Waals surface area (Å²) in [4.78, 5) is 25.7. The highest BCUT2D eigenvalue weighted by Crippen LogP contribution is 2.43. The van der Waals surface area contributed by atoms with Gasteiger partial charge in [0.1, 0.15) is 5.75 Å². The molecule has 1 aromatic carbocycles. The van der Waals surface area contributed by atoms with E-state index in [4.69, 9.17) is 4.74 Å². The van der Waals surface area contributed by atoms with Crippen LogP contribution in [-0.2, 0) is 19.6 Å². The third-order valence-corrected chi connectivity index (χ3v) is 7.49. The number of nitrogens with zero attached hydrogens (tertiary/aromatic N) is 1. The minimum absolute atomic E-state index is 0.0607. The molecule has 0 bridgehead atoms. The number of methoxy groups -OCH3 is 1. The molecule has 0 unspecified atom stereocenters. The molecule has 0 heterocycles. The molecule has 1 aromatic rings. The first-order valence-corrected chi connectivity index (χ1v) is 11.3. The summed E-state index contributed by atoms with van der Waals surface area (Å²) in [6.07, 6.45) is 5.17. The molecule has 160 valence electrons. The highest BCUT2D eigenvalue weighted by molar-refractivity contribution is 7.89. The Bertz CT molecular complexity index is 887. The van der Waals surface area contributed by atoms with Gasteiger partial charge in [-0.3, -0.25) is 9.59 Å². The predicted molar refractivity (Wildman–Crippen MR) is 109 cm³/mol. The Labute approximate surface area is 172 Å². The average molecular weight is 424 g/mol. The first kappa shape index (κ1) is 21.6. The van der Waals surface area contributed by atoms with Crippen LogP contribution in [0.15, 0.2) is 23.1 Å². The lowest BCUT2D eigenvalue weighted by molar-refractivity contribution is -0.132. The standard InChI is InChI=1S/C20H29N3O5S/c1-23(2)29(26,27)15-8-9-17(28-3)16(12-15)22-19(25)20(10-4-5-11-20)13-18(24)21-14-6-7-14/h8-9,12,14H,4-7,10-11,13H2,1-3H3,(H,21,24)(H,22,25). The Hall–Kier alpha value is -2.13. The molecule has 9 heteroatoms. The number of carbonyl (C=O) groups excluding carboxylic acids is 2. The summed E-state index contributed by atoms with van der Waals surface area (Å²) < 4.78 is 31.3. The molecule has 2 N–H and O–H groups in total. The van der Waals surface area contributed by atoms with Crippen LogP contribution >= 0.6 is 0 Å². The molecule has 2 saturated carbocycles. The van der Waals surface area contributed by atoms with Crippen molar-refractivity contribution >= 4 is 27.5 Å². The van der Waals surface area contributed by atoms with Crippen molar-refractivity contribution < 1.29 is 22.7 Å². The van der Waals surface area contributed by atoms with Crippen molar-refractivity contribution in [3.8, 4) is 5.75 Å². The van der Waals surface area contributed by atoms with Crippen molar-refractivity contribution in [2.75, 3.05) is 26.5 Å². The van der Waals surface area contributed by atoms with Gasteiger partial charge in [0.05, 0.1) is 23.1 Å². The first-order valence-electron chi connectivity index (χ1n) is 9.89. The highest BCUT2D eigenvalue weighted by atomic mass is 32.2. The van der Waals surface area contributed by atoms with Gasteiger partial charge < -0.3 is 15.4 Å². The zero-order chi connectivity index (χ0) is 21.2. The number of rotatable bonds is 8. The fraction of sp³-hybridized carbons (Fsp3) is 0.600. The van der Waals surface area contributed by atoms with Gasteiger partial charge in [0.25, 0.3) is 0 Å². The van der Waals surface area contributed by atoms with Gasteiger partial charge in [-0.25, -0.2) is 12.7 Å². The largest absolute Gasteiger partial charge is 0.495 e. The highest BCUT2D eigenvalue weighted by Gasteiger charge is 2.43. The second-order valence-corrected chi connectivity index (χ2v) is 10.3. The van der Waals surface area contributed by atoms with Gasteiger partial charge in [-0.2, -0.15) is 0 Å². The normalized spacial score (nSPS) is 18.5. The molecule has 2 amide bonds. The van der Waals surface area contributed by atoms with E-state index in [1.165, 1.54) is 39.4 Å². The predicted octanol–water partition coefficient (Wildman–Crippen LogP) is 2.11. The van der Waals surface area contributed by atoms with Crippen molar-refractivity contribution in [2.24, 2.45) is 5.41 Å². The monoisotopic (exact) mass is 423 g/mol. The van der Waals surface area contributed by atoms with E-state index in [1.807, 2.05) is 0 Å². The molecule has 3 rings (SSSR count). The molecule has 0 spiro atoms. The molecular weight excluding hydrogens is 394 g/mol. The van der Waals surface area contributed by atoms with Crippen molar-refractivity contribution in [3.05, 3.63) is 18.2 Å². The minimum Gasteiger partial charge on any atom is -0.495 e. The maximum Gasteiger partial charge on any atom is 0.242 e.